The monoisotopic (exact) mass is 812 g/mol. The fourth-order valence-electron chi connectivity index (χ4n) is 9.87. The van der Waals surface area contributed by atoms with Gasteiger partial charge in [-0.15, -0.1) is 0 Å². The summed E-state index contributed by atoms with van der Waals surface area (Å²) in [4.78, 5) is 0. The van der Waals surface area contributed by atoms with Crippen LogP contribution in [0.3, 0.4) is 0 Å². The quantitative estimate of drug-likeness (QED) is 0.142. The van der Waals surface area contributed by atoms with Gasteiger partial charge in [0.2, 0.25) is 0 Å². The third kappa shape index (κ3) is 6.65. The molecule has 11 rings (SSSR count). The Morgan fingerprint density at radius 3 is 1.02 bits per heavy atom. The fourth-order valence-corrected chi connectivity index (χ4v) is 9.87. The highest BCUT2D eigenvalue weighted by Crippen LogP contribution is 2.47. The van der Waals surface area contributed by atoms with Gasteiger partial charge in [-0.1, -0.05) is 198 Å². The first-order valence-electron chi connectivity index (χ1n) is 22.3. The van der Waals surface area contributed by atoms with E-state index in [4.69, 9.17) is 0 Å². The van der Waals surface area contributed by atoms with Crippen molar-refractivity contribution in [2.75, 3.05) is 0 Å². The van der Waals surface area contributed by atoms with E-state index in [1.165, 1.54) is 82.6 Å². The van der Waals surface area contributed by atoms with Gasteiger partial charge in [0.1, 0.15) is 0 Å². The lowest BCUT2D eigenvalue weighted by Gasteiger charge is -2.37. The molecule has 0 radical (unpaired) electrons. The summed E-state index contributed by atoms with van der Waals surface area (Å²) in [5.74, 6) is 0. The fraction of sp³-hybridized carbons (Fsp3) is 0.115. The van der Waals surface area contributed by atoms with E-state index in [-0.39, 0.29) is 5.41 Å². The number of rotatable bonds is 7. The molecule has 0 saturated heterocycles. The zero-order valence-corrected chi connectivity index (χ0v) is 36.8. The molecule has 0 N–H and O–H groups in total. The lowest BCUT2D eigenvalue weighted by molar-refractivity contribution is 0.591. The molecule has 0 fully saturated rings. The molecule has 2 aromatic heterocycles. The number of benzene rings is 9. The van der Waals surface area contributed by atoms with Crippen molar-refractivity contribution >= 4 is 43.6 Å². The normalized spacial score (nSPS) is 11.9. The second-order valence-corrected chi connectivity index (χ2v) is 17.4. The molecule has 0 unspecified atom stereocenters. The van der Waals surface area contributed by atoms with Gasteiger partial charge < -0.3 is 9.13 Å². The summed E-state index contributed by atoms with van der Waals surface area (Å²) in [6, 6.07) is 82.8. The minimum absolute atomic E-state index is 0.000836. The molecule has 0 aliphatic carbocycles. The Bertz CT molecular complexity index is 3200. The van der Waals surface area contributed by atoms with Crippen LogP contribution < -0.4 is 0 Å². The van der Waals surface area contributed by atoms with Crippen molar-refractivity contribution in [2.45, 2.75) is 45.4 Å². The van der Waals surface area contributed by atoms with E-state index >= 15 is 0 Å². The Morgan fingerprint density at radius 1 is 0.286 bits per heavy atom. The van der Waals surface area contributed by atoms with Gasteiger partial charge in [0.15, 0.2) is 0 Å². The molecule has 0 saturated carbocycles. The van der Waals surface area contributed by atoms with Crippen molar-refractivity contribution in [3.8, 4) is 22.5 Å². The van der Waals surface area contributed by atoms with Crippen LogP contribution in [0.25, 0.3) is 66.1 Å². The zero-order valence-electron chi connectivity index (χ0n) is 36.8. The molecule has 2 nitrogen and oxygen atoms in total. The molecule has 0 aliphatic heterocycles. The number of hydrogen-bond donors (Lipinski definition) is 0. The summed E-state index contributed by atoms with van der Waals surface area (Å²) in [7, 11) is 0. The molecule has 306 valence electrons. The molecular formula is C61H52N2. The van der Waals surface area contributed by atoms with Gasteiger partial charge in [-0.25, -0.2) is 0 Å². The number of fused-ring (bicyclic) bond motifs is 6. The molecule has 0 spiro atoms. The molecule has 63 heavy (non-hydrogen) atoms. The first kappa shape index (κ1) is 39.7. The van der Waals surface area contributed by atoms with Crippen LogP contribution in [0.1, 0.15) is 62.4 Å². The van der Waals surface area contributed by atoms with Gasteiger partial charge in [-0.2, -0.15) is 0 Å². The summed E-state index contributed by atoms with van der Waals surface area (Å²) >= 11 is 0. The van der Waals surface area contributed by atoms with Gasteiger partial charge >= 0.3 is 0 Å². The lowest BCUT2D eigenvalue weighted by atomic mass is 9.65. The predicted molar refractivity (Wildman–Crippen MR) is 269 cm³/mol. The van der Waals surface area contributed by atoms with Crippen LogP contribution in [-0.4, -0.2) is 9.13 Å². The Hall–Kier alpha value is -7.42. The van der Waals surface area contributed by atoms with Gasteiger partial charge in [-0.05, 0) is 105 Å². The van der Waals surface area contributed by atoms with Gasteiger partial charge in [0.25, 0.3) is 0 Å². The molecule has 0 bridgehead atoms. The van der Waals surface area contributed by atoms with Crippen LogP contribution in [0.4, 0.5) is 0 Å². The van der Waals surface area contributed by atoms with Crippen molar-refractivity contribution in [1.82, 2.24) is 9.13 Å². The molecular weight excluding hydrogens is 761 g/mol. The second kappa shape index (κ2) is 16.1. The second-order valence-electron chi connectivity index (χ2n) is 17.4. The van der Waals surface area contributed by atoms with Gasteiger partial charge in [-0.3, -0.25) is 0 Å². The number of para-hydroxylation sites is 2. The standard InChI is InChI=1S/C59H46N2.C2H6/c1-58(2,3)46-31-37-56-52(39-46)53-40-47(59(43-17-7-4-8-18-43,44-19-9-5-10-20-44)45-21-11-6-12-22-45)32-38-57(53)61(56)49-35-29-42(30-36-49)41-27-33-48(34-28-41)60-54-25-15-13-23-50(54)51-24-14-16-26-55(51)60;1-2/h4-40H,1-3H3;1-2H3. The van der Waals surface area contributed by atoms with Gasteiger partial charge in [0.05, 0.1) is 27.5 Å². The summed E-state index contributed by atoms with van der Waals surface area (Å²) in [6.45, 7) is 10.9. The number of hydrogen-bond acceptors (Lipinski definition) is 0. The third-order valence-electron chi connectivity index (χ3n) is 12.8. The molecule has 2 heteroatoms. The molecule has 0 amide bonds. The smallest absolute Gasteiger partial charge is 0.0701 e. The van der Waals surface area contributed by atoms with Crippen LogP contribution in [0.2, 0.25) is 0 Å². The minimum atomic E-state index is -0.535. The lowest BCUT2D eigenvalue weighted by Crippen LogP contribution is -2.30. The van der Waals surface area contributed by atoms with Crippen LogP contribution in [0, 0.1) is 0 Å². The largest absolute Gasteiger partial charge is 0.309 e. The highest BCUT2D eigenvalue weighted by molar-refractivity contribution is 6.10. The highest BCUT2D eigenvalue weighted by atomic mass is 15.0. The predicted octanol–water partition coefficient (Wildman–Crippen LogP) is 16.3. The van der Waals surface area contributed by atoms with E-state index in [0.717, 1.165) is 11.4 Å². The molecule has 0 aliphatic rings. The van der Waals surface area contributed by atoms with Gasteiger partial charge in [0, 0.05) is 32.9 Å². The number of nitrogens with zero attached hydrogens (tertiary/aromatic N) is 2. The van der Waals surface area contributed by atoms with E-state index in [2.05, 4.69) is 254 Å². The SMILES string of the molecule is CC.CC(C)(C)c1ccc2c(c1)c1cc(C(c3ccccc3)(c3ccccc3)c3ccccc3)ccc1n2-c1ccc(-c2ccc(-n3c4ccccc4c4ccccc43)cc2)cc1. The third-order valence-corrected chi connectivity index (χ3v) is 12.8. The maximum absolute atomic E-state index is 2.47. The van der Waals surface area contributed by atoms with Crippen molar-refractivity contribution < 1.29 is 0 Å². The van der Waals surface area contributed by atoms with Crippen LogP contribution in [0.5, 0.6) is 0 Å². The van der Waals surface area contributed by atoms with Crippen LogP contribution in [-0.2, 0) is 10.8 Å². The molecule has 0 atom stereocenters. The highest BCUT2D eigenvalue weighted by Gasteiger charge is 2.38. The van der Waals surface area contributed by atoms with Crippen molar-refractivity contribution in [3.63, 3.8) is 0 Å². The minimum Gasteiger partial charge on any atom is -0.309 e. The zero-order chi connectivity index (χ0) is 43.1. The molecule has 11 aromatic rings. The maximum atomic E-state index is 2.47. The van der Waals surface area contributed by atoms with Crippen molar-refractivity contribution in [2.24, 2.45) is 0 Å². The molecule has 9 aromatic carbocycles. The topological polar surface area (TPSA) is 9.86 Å². The summed E-state index contributed by atoms with van der Waals surface area (Å²) in [5, 5.41) is 5.06. The van der Waals surface area contributed by atoms with E-state index in [1.807, 2.05) is 13.8 Å². The summed E-state index contributed by atoms with van der Waals surface area (Å²) in [6.07, 6.45) is 0. The summed E-state index contributed by atoms with van der Waals surface area (Å²) < 4.78 is 4.82. The average molecular weight is 813 g/mol. The van der Waals surface area contributed by atoms with E-state index < -0.39 is 5.41 Å². The Kier molecular flexibility index (Phi) is 10.2. The van der Waals surface area contributed by atoms with Crippen molar-refractivity contribution in [1.29, 1.82) is 0 Å². The first-order valence-corrected chi connectivity index (χ1v) is 22.3. The van der Waals surface area contributed by atoms with Crippen LogP contribution >= 0.6 is 0 Å². The van der Waals surface area contributed by atoms with E-state index in [1.54, 1.807) is 0 Å². The van der Waals surface area contributed by atoms with Crippen molar-refractivity contribution in [3.05, 3.63) is 252 Å². The maximum Gasteiger partial charge on any atom is 0.0701 e. The summed E-state index contributed by atoms with van der Waals surface area (Å²) in [5.41, 5.74) is 15.3. The van der Waals surface area contributed by atoms with Crippen LogP contribution in [0.15, 0.2) is 224 Å². The average Bonchev–Trinajstić information content (AvgIpc) is 3.86. The first-order chi connectivity index (χ1) is 30.9. The Balaban J connectivity index is 0.00000232. The van der Waals surface area contributed by atoms with E-state index in [0.29, 0.717) is 0 Å². The number of aromatic nitrogens is 2. The van der Waals surface area contributed by atoms with E-state index in [9.17, 15) is 0 Å². The Morgan fingerprint density at radius 2 is 0.619 bits per heavy atom. The Labute approximate surface area is 371 Å². The molecule has 2 heterocycles.